The molecule has 1 saturated heterocycles. The maximum absolute atomic E-state index is 13.3. The summed E-state index contributed by atoms with van der Waals surface area (Å²) in [6.07, 6.45) is 3.34. The lowest BCUT2D eigenvalue weighted by atomic mass is 9.86. The van der Waals surface area contributed by atoms with Gasteiger partial charge in [0, 0.05) is 50.9 Å². The highest BCUT2D eigenvalue weighted by Crippen LogP contribution is 2.31. The normalized spacial score (nSPS) is 23.1. The van der Waals surface area contributed by atoms with E-state index in [1.165, 1.54) is 11.1 Å². The molecule has 1 amide bonds. The van der Waals surface area contributed by atoms with E-state index < -0.39 is 0 Å². The Bertz CT molecular complexity index is 1050. The third-order valence-electron chi connectivity index (χ3n) is 7.91. The number of carbonyl (C=O) groups is 1. The summed E-state index contributed by atoms with van der Waals surface area (Å²) in [6.45, 7) is 10.8. The van der Waals surface area contributed by atoms with Crippen LogP contribution in [-0.2, 0) is 22.7 Å². The molecule has 7 nitrogen and oxygen atoms in total. The number of ether oxygens (including phenoxy) is 2. The second kappa shape index (κ2) is 13.6. The Balaban J connectivity index is 1.27. The average molecular weight is 524 g/mol. The van der Waals surface area contributed by atoms with Crippen LogP contribution in [-0.4, -0.2) is 67.5 Å². The molecule has 1 saturated carbocycles. The van der Waals surface area contributed by atoms with Crippen LogP contribution in [0.3, 0.4) is 0 Å². The van der Waals surface area contributed by atoms with Crippen LogP contribution >= 0.6 is 0 Å². The fraction of sp³-hybridized carbons (Fsp3) is 0.581. The number of aryl methyl sites for hydroxylation is 1. The third-order valence-corrected chi connectivity index (χ3v) is 7.91. The van der Waals surface area contributed by atoms with Crippen molar-refractivity contribution < 1.29 is 19.4 Å². The van der Waals surface area contributed by atoms with E-state index in [0.29, 0.717) is 12.6 Å². The average Bonchev–Trinajstić information content (AvgIpc) is 2.92. The van der Waals surface area contributed by atoms with Gasteiger partial charge in [0.15, 0.2) is 0 Å². The van der Waals surface area contributed by atoms with E-state index in [1.807, 2.05) is 43.1 Å². The van der Waals surface area contributed by atoms with Crippen LogP contribution in [0.15, 0.2) is 42.5 Å². The fourth-order valence-electron chi connectivity index (χ4n) is 5.48. The zero-order valence-electron chi connectivity index (χ0n) is 23.5. The second-order valence-electron chi connectivity index (χ2n) is 11.1. The highest BCUT2D eigenvalue weighted by atomic mass is 16.5. The zero-order valence-corrected chi connectivity index (χ0v) is 23.5. The smallest absolute Gasteiger partial charge is 0.229 e. The van der Waals surface area contributed by atoms with Crippen molar-refractivity contribution >= 4 is 11.6 Å². The number of aliphatic hydroxyl groups excluding tert-OH is 1. The van der Waals surface area contributed by atoms with Gasteiger partial charge in [0.1, 0.15) is 5.75 Å². The number of carbonyl (C=O) groups excluding carboxylic acids is 1. The number of amides is 1. The highest BCUT2D eigenvalue weighted by Gasteiger charge is 2.30. The lowest BCUT2D eigenvalue weighted by molar-refractivity contribution is -0.123. The number of anilines is 1. The topological polar surface area (TPSA) is 74.3 Å². The lowest BCUT2D eigenvalue weighted by Gasteiger charge is -2.32. The molecule has 38 heavy (non-hydrogen) atoms. The molecule has 1 heterocycles. The number of hydrogen-bond acceptors (Lipinski definition) is 6. The summed E-state index contributed by atoms with van der Waals surface area (Å²) < 4.78 is 11.9. The molecule has 208 valence electrons. The van der Waals surface area contributed by atoms with Gasteiger partial charge in [0.05, 0.1) is 25.4 Å². The van der Waals surface area contributed by atoms with E-state index in [1.54, 1.807) is 0 Å². The van der Waals surface area contributed by atoms with Crippen molar-refractivity contribution in [2.45, 2.75) is 77.9 Å². The molecule has 2 atom stereocenters. The quantitative estimate of drug-likeness (QED) is 0.484. The van der Waals surface area contributed by atoms with Gasteiger partial charge in [-0.3, -0.25) is 9.69 Å². The first-order chi connectivity index (χ1) is 18.3. The second-order valence-corrected chi connectivity index (χ2v) is 11.1. The molecule has 0 radical (unpaired) electrons. The first-order valence-corrected chi connectivity index (χ1v) is 14.1. The van der Waals surface area contributed by atoms with Crippen LogP contribution in [0.5, 0.6) is 5.75 Å². The monoisotopic (exact) mass is 523 g/mol. The summed E-state index contributed by atoms with van der Waals surface area (Å²) >= 11 is 0. The summed E-state index contributed by atoms with van der Waals surface area (Å²) in [7, 11) is 1.91. The molecular weight excluding hydrogens is 478 g/mol. The molecule has 4 rings (SSSR count). The Morgan fingerprint density at radius 2 is 1.97 bits per heavy atom. The minimum absolute atomic E-state index is 0.00842. The largest absolute Gasteiger partial charge is 0.490 e. The van der Waals surface area contributed by atoms with Crippen molar-refractivity contribution in [1.29, 1.82) is 0 Å². The standard InChI is InChI=1S/C31H45N3O4/c1-22-16-28(11-8-27(22)19-34-15-14-32-23(2)18-34)33(4)31(36)26-9-12-29(13-10-26)38-30-7-5-6-25(17-30)21-37-24(3)20-35/h5-8,11,16-17,23-24,26,29,32,35H,9-10,12-15,18-21H2,1-4H3/t23-,24+,26-,29-/m0/s1. The van der Waals surface area contributed by atoms with Gasteiger partial charge in [-0.15, -0.1) is 0 Å². The van der Waals surface area contributed by atoms with Crippen LogP contribution in [0.25, 0.3) is 0 Å². The van der Waals surface area contributed by atoms with Crippen LogP contribution in [0, 0.1) is 12.8 Å². The SMILES string of the molecule is Cc1cc(N(C)C(=O)[C@H]2CC[C@H](Oc3cccc(CO[C@H](C)CO)c3)CC2)ccc1CN1CCN[C@@H](C)C1. The Morgan fingerprint density at radius 3 is 2.68 bits per heavy atom. The number of aliphatic hydroxyl groups is 1. The molecule has 0 aromatic heterocycles. The maximum Gasteiger partial charge on any atom is 0.229 e. The van der Waals surface area contributed by atoms with Crippen molar-refractivity contribution in [3.63, 3.8) is 0 Å². The Hall–Kier alpha value is -2.45. The summed E-state index contributed by atoms with van der Waals surface area (Å²) in [5.41, 5.74) is 4.57. The molecule has 2 aromatic rings. The van der Waals surface area contributed by atoms with Crippen LogP contribution in [0.2, 0.25) is 0 Å². The number of nitrogens with zero attached hydrogens (tertiary/aromatic N) is 2. The van der Waals surface area contributed by atoms with Crippen LogP contribution < -0.4 is 15.0 Å². The Morgan fingerprint density at radius 1 is 1.18 bits per heavy atom. The van der Waals surface area contributed by atoms with E-state index in [2.05, 4.69) is 42.3 Å². The molecule has 2 aromatic carbocycles. The Labute approximate surface area is 228 Å². The van der Waals surface area contributed by atoms with Gasteiger partial charge in [-0.2, -0.15) is 0 Å². The van der Waals surface area contributed by atoms with E-state index >= 15 is 0 Å². The van der Waals surface area contributed by atoms with E-state index in [0.717, 1.165) is 68.9 Å². The molecule has 1 aliphatic carbocycles. The van der Waals surface area contributed by atoms with Gasteiger partial charge in [-0.05, 0) is 87.4 Å². The minimum Gasteiger partial charge on any atom is -0.490 e. The number of nitrogens with one attached hydrogen (secondary N) is 1. The van der Waals surface area contributed by atoms with Crippen molar-refractivity contribution in [1.82, 2.24) is 10.2 Å². The molecule has 7 heteroatoms. The van der Waals surface area contributed by atoms with Gasteiger partial charge in [-0.1, -0.05) is 18.2 Å². The number of piperazine rings is 1. The summed E-state index contributed by atoms with van der Waals surface area (Å²) in [5, 5.41) is 12.7. The first-order valence-electron chi connectivity index (χ1n) is 14.1. The third kappa shape index (κ3) is 7.79. The zero-order chi connectivity index (χ0) is 27.1. The van der Waals surface area contributed by atoms with E-state index in [-0.39, 0.29) is 30.6 Å². The van der Waals surface area contributed by atoms with Crippen molar-refractivity contribution in [3.05, 3.63) is 59.2 Å². The molecule has 2 N–H and O–H groups in total. The Kier molecular flexibility index (Phi) is 10.2. The molecule has 0 bridgehead atoms. The molecule has 2 fully saturated rings. The van der Waals surface area contributed by atoms with Gasteiger partial charge < -0.3 is 24.8 Å². The maximum atomic E-state index is 13.3. The molecular formula is C31H45N3O4. The molecule has 0 unspecified atom stereocenters. The molecule has 1 aliphatic heterocycles. The van der Waals surface area contributed by atoms with E-state index in [9.17, 15) is 4.79 Å². The molecule has 2 aliphatic rings. The highest BCUT2D eigenvalue weighted by molar-refractivity contribution is 5.94. The number of hydrogen-bond donors (Lipinski definition) is 2. The summed E-state index contributed by atoms with van der Waals surface area (Å²) in [5.74, 6) is 1.06. The van der Waals surface area contributed by atoms with Gasteiger partial charge in [0.2, 0.25) is 5.91 Å². The summed E-state index contributed by atoms with van der Waals surface area (Å²) in [4.78, 5) is 17.7. The van der Waals surface area contributed by atoms with Crippen LogP contribution in [0.4, 0.5) is 5.69 Å². The van der Waals surface area contributed by atoms with Gasteiger partial charge >= 0.3 is 0 Å². The predicted molar refractivity (Wildman–Crippen MR) is 151 cm³/mol. The fourth-order valence-corrected chi connectivity index (χ4v) is 5.48. The molecule has 0 spiro atoms. The lowest BCUT2D eigenvalue weighted by Crippen LogP contribution is -2.48. The summed E-state index contributed by atoms with van der Waals surface area (Å²) in [6, 6.07) is 14.9. The first kappa shape index (κ1) is 28.6. The predicted octanol–water partition coefficient (Wildman–Crippen LogP) is 4.29. The van der Waals surface area contributed by atoms with Gasteiger partial charge in [-0.25, -0.2) is 0 Å². The number of rotatable bonds is 10. The van der Waals surface area contributed by atoms with Crippen molar-refractivity contribution in [3.8, 4) is 5.75 Å². The van der Waals surface area contributed by atoms with Crippen molar-refractivity contribution in [2.24, 2.45) is 5.92 Å². The van der Waals surface area contributed by atoms with Crippen molar-refractivity contribution in [2.75, 3.05) is 38.2 Å². The van der Waals surface area contributed by atoms with Crippen LogP contribution in [0.1, 0.15) is 56.2 Å². The van der Waals surface area contributed by atoms with Gasteiger partial charge in [0.25, 0.3) is 0 Å². The number of benzene rings is 2. The van der Waals surface area contributed by atoms with E-state index in [4.69, 9.17) is 14.6 Å². The minimum atomic E-state index is -0.186.